The summed E-state index contributed by atoms with van der Waals surface area (Å²) in [6.07, 6.45) is 1.58. The molecule has 0 radical (unpaired) electrons. The number of anilines is 1. The van der Waals surface area contributed by atoms with Crippen molar-refractivity contribution in [3.63, 3.8) is 0 Å². The van der Waals surface area contributed by atoms with Gasteiger partial charge in [-0.15, -0.1) is 0 Å². The summed E-state index contributed by atoms with van der Waals surface area (Å²) in [6.45, 7) is 1.05. The van der Waals surface area contributed by atoms with Crippen molar-refractivity contribution in [2.24, 2.45) is 23.7 Å². The summed E-state index contributed by atoms with van der Waals surface area (Å²) in [7, 11) is 0. The van der Waals surface area contributed by atoms with Crippen molar-refractivity contribution in [2.75, 3.05) is 18.5 Å². The van der Waals surface area contributed by atoms with Crippen molar-refractivity contribution < 1.29 is 23.9 Å². The Morgan fingerprint density at radius 1 is 1.10 bits per heavy atom. The molecule has 30 heavy (non-hydrogen) atoms. The third-order valence-electron chi connectivity index (χ3n) is 6.40. The Bertz CT molecular complexity index is 875. The fourth-order valence-corrected chi connectivity index (χ4v) is 6.90. The Hall–Kier alpha value is -1.74. The largest absolute Gasteiger partial charge is 0.454 e. The number of hydrogen-bond acceptors (Lipinski definition) is 5. The maximum Gasteiger partial charge on any atom is 0.326 e. The molecule has 1 N–H and O–H groups in total. The van der Waals surface area contributed by atoms with Gasteiger partial charge in [0.15, 0.2) is 6.61 Å². The first-order valence-electron chi connectivity index (χ1n) is 10.00. The number of amides is 3. The van der Waals surface area contributed by atoms with Gasteiger partial charge in [0.25, 0.3) is 5.91 Å². The first-order chi connectivity index (χ1) is 14.3. The van der Waals surface area contributed by atoms with Crippen LogP contribution in [-0.4, -0.2) is 51.4 Å². The number of nitrogens with zero attached hydrogens (tertiary/aromatic N) is 1. The molecule has 1 saturated heterocycles. The van der Waals surface area contributed by atoms with Crippen LogP contribution in [0, 0.1) is 23.7 Å². The minimum absolute atomic E-state index is 0.0891. The van der Waals surface area contributed by atoms with Gasteiger partial charge in [0.2, 0.25) is 11.8 Å². The van der Waals surface area contributed by atoms with E-state index in [1.54, 1.807) is 6.07 Å². The molecule has 0 aromatic heterocycles. The number of alkyl halides is 2. The van der Waals surface area contributed by atoms with Crippen molar-refractivity contribution in [1.82, 2.24) is 4.90 Å². The molecule has 0 spiro atoms. The van der Waals surface area contributed by atoms with Crippen LogP contribution in [0.3, 0.4) is 0 Å². The van der Waals surface area contributed by atoms with E-state index in [0.29, 0.717) is 5.69 Å². The Balaban J connectivity index is 1.32. The summed E-state index contributed by atoms with van der Waals surface area (Å²) in [5.74, 6) is -2.42. The Labute approximate surface area is 191 Å². The minimum Gasteiger partial charge on any atom is -0.454 e. The lowest BCUT2D eigenvalue weighted by molar-refractivity contribution is -0.154. The van der Waals surface area contributed by atoms with Crippen molar-refractivity contribution >= 4 is 61.2 Å². The number of rotatable bonds is 6. The van der Waals surface area contributed by atoms with E-state index in [1.165, 1.54) is 0 Å². The highest BCUT2D eigenvalue weighted by molar-refractivity contribution is 9.12. The first kappa shape index (κ1) is 21.5. The molecule has 3 fully saturated rings. The number of esters is 1. The molecule has 2 saturated carbocycles. The molecule has 2 aliphatic carbocycles. The van der Waals surface area contributed by atoms with Crippen LogP contribution in [0.5, 0.6) is 0 Å². The number of aryl methyl sites for hydroxylation is 1. The lowest BCUT2D eigenvalue weighted by Gasteiger charge is -2.28. The van der Waals surface area contributed by atoms with Gasteiger partial charge in [-0.2, -0.15) is 0 Å². The number of para-hydroxylation sites is 1. The second kappa shape index (κ2) is 8.42. The topological polar surface area (TPSA) is 92.8 Å². The fourth-order valence-electron chi connectivity index (χ4n) is 5.02. The third kappa shape index (κ3) is 3.60. The second-order valence-corrected chi connectivity index (χ2v) is 10.1. The maximum absolute atomic E-state index is 12.8. The summed E-state index contributed by atoms with van der Waals surface area (Å²) in [5.41, 5.74) is 1.64. The number of imide groups is 1. The molecule has 3 amide bonds. The zero-order valence-corrected chi connectivity index (χ0v) is 19.5. The molecule has 160 valence electrons. The molecule has 1 heterocycles. The molecule has 3 aliphatic rings. The van der Waals surface area contributed by atoms with Crippen LogP contribution in [0.1, 0.15) is 18.9 Å². The Morgan fingerprint density at radius 2 is 1.70 bits per heavy atom. The Kier molecular flexibility index (Phi) is 6.03. The highest BCUT2D eigenvalue weighted by atomic mass is 79.9. The monoisotopic (exact) mass is 540 g/mol. The van der Waals surface area contributed by atoms with Gasteiger partial charge in [0, 0.05) is 15.3 Å². The SMILES string of the molecule is CCc1ccccc1NC(=O)COC(=O)CN1C(=O)[C@@H]2[C@H]3C[C@@H]([C@H](Br)[C@H]3Br)[C@H]2C1=O. The van der Waals surface area contributed by atoms with E-state index in [2.05, 4.69) is 37.2 Å². The van der Waals surface area contributed by atoms with E-state index >= 15 is 0 Å². The van der Waals surface area contributed by atoms with Crippen molar-refractivity contribution in [3.8, 4) is 0 Å². The van der Waals surface area contributed by atoms with Crippen LogP contribution in [0.25, 0.3) is 0 Å². The molecular weight excluding hydrogens is 520 g/mol. The van der Waals surface area contributed by atoms with Crippen LogP contribution >= 0.6 is 31.9 Å². The number of likely N-dealkylation sites (tertiary alicyclic amines) is 1. The molecular formula is C21H22Br2N2O5. The van der Waals surface area contributed by atoms with Gasteiger partial charge in [0.1, 0.15) is 6.54 Å². The molecule has 6 atom stereocenters. The van der Waals surface area contributed by atoms with Crippen LogP contribution in [-0.2, 0) is 30.3 Å². The zero-order chi connectivity index (χ0) is 21.6. The number of carbonyl (C=O) groups is 4. The molecule has 1 aliphatic heterocycles. The van der Waals surface area contributed by atoms with E-state index in [-0.39, 0.29) is 45.1 Å². The summed E-state index contributed by atoms with van der Waals surface area (Å²) in [4.78, 5) is 51.3. The molecule has 4 rings (SSSR count). The number of carbonyl (C=O) groups excluding carboxylic acids is 4. The average molecular weight is 542 g/mol. The molecule has 0 unspecified atom stereocenters. The molecule has 2 bridgehead atoms. The van der Waals surface area contributed by atoms with Gasteiger partial charge < -0.3 is 10.1 Å². The predicted octanol–water partition coefficient (Wildman–Crippen LogP) is 2.51. The minimum atomic E-state index is -0.770. The summed E-state index contributed by atoms with van der Waals surface area (Å²) in [5, 5.41) is 2.72. The van der Waals surface area contributed by atoms with E-state index in [4.69, 9.17) is 4.74 Å². The normalized spacial score (nSPS) is 31.8. The van der Waals surface area contributed by atoms with Gasteiger partial charge in [0.05, 0.1) is 11.8 Å². The van der Waals surface area contributed by atoms with Gasteiger partial charge in [-0.05, 0) is 36.3 Å². The van der Waals surface area contributed by atoms with Crippen molar-refractivity contribution in [2.45, 2.75) is 29.4 Å². The molecule has 7 nitrogen and oxygen atoms in total. The van der Waals surface area contributed by atoms with E-state index in [9.17, 15) is 19.2 Å². The highest BCUT2D eigenvalue weighted by Crippen LogP contribution is 2.60. The molecule has 1 aromatic rings. The lowest BCUT2D eigenvalue weighted by Crippen LogP contribution is -2.38. The summed E-state index contributed by atoms with van der Waals surface area (Å²) < 4.78 is 5.03. The standard InChI is InChI=1S/C21H22Br2N2O5/c1-2-10-5-3-4-6-13(10)24-14(26)9-30-15(27)8-25-20(28)16-11-7-12(17(16)21(25)29)19(23)18(11)22/h3-6,11-12,16-19H,2,7-9H2,1H3,(H,24,26)/t11-,12-,16-,17-,18+,19+/m1/s1. The van der Waals surface area contributed by atoms with E-state index < -0.39 is 25.0 Å². The smallest absolute Gasteiger partial charge is 0.326 e. The lowest BCUT2D eigenvalue weighted by atomic mass is 9.81. The van der Waals surface area contributed by atoms with Gasteiger partial charge in [-0.1, -0.05) is 57.0 Å². The highest BCUT2D eigenvalue weighted by Gasteiger charge is 2.66. The van der Waals surface area contributed by atoms with Crippen LogP contribution < -0.4 is 5.32 Å². The maximum atomic E-state index is 12.8. The number of hydrogen-bond donors (Lipinski definition) is 1. The van der Waals surface area contributed by atoms with Gasteiger partial charge in [-0.25, -0.2) is 0 Å². The number of nitrogens with one attached hydrogen (secondary N) is 1. The number of halogens is 2. The number of benzene rings is 1. The van der Waals surface area contributed by atoms with Gasteiger partial charge >= 0.3 is 5.97 Å². The van der Waals surface area contributed by atoms with Crippen LogP contribution in [0.2, 0.25) is 0 Å². The van der Waals surface area contributed by atoms with Gasteiger partial charge in [-0.3, -0.25) is 24.1 Å². The summed E-state index contributed by atoms with van der Waals surface area (Å²) >= 11 is 7.26. The molecule has 1 aromatic carbocycles. The van der Waals surface area contributed by atoms with E-state index in [0.717, 1.165) is 23.3 Å². The van der Waals surface area contributed by atoms with Crippen LogP contribution in [0.4, 0.5) is 5.69 Å². The third-order valence-corrected chi connectivity index (χ3v) is 9.61. The Morgan fingerprint density at radius 3 is 2.30 bits per heavy atom. The summed E-state index contributed by atoms with van der Waals surface area (Å²) in [6, 6.07) is 7.38. The average Bonchev–Trinajstić information content (AvgIpc) is 3.33. The van der Waals surface area contributed by atoms with Crippen molar-refractivity contribution in [1.29, 1.82) is 0 Å². The second-order valence-electron chi connectivity index (χ2n) is 7.99. The van der Waals surface area contributed by atoms with E-state index in [1.807, 2.05) is 25.1 Å². The fraction of sp³-hybridized carbons (Fsp3) is 0.524. The quantitative estimate of drug-likeness (QED) is 0.339. The first-order valence-corrected chi connectivity index (χ1v) is 11.8. The van der Waals surface area contributed by atoms with Crippen molar-refractivity contribution in [3.05, 3.63) is 29.8 Å². The molecule has 9 heteroatoms. The number of ether oxygens (including phenoxy) is 1. The predicted molar refractivity (Wildman–Crippen MR) is 116 cm³/mol. The zero-order valence-electron chi connectivity index (χ0n) is 16.3. The van der Waals surface area contributed by atoms with Crippen LogP contribution in [0.15, 0.2) is 24.3 Å². The number of fused-ring (bicyclic) bond motifs is 5.